The molecule has 2 saturated heterocycles. The molecule has 2 heterocycles. The lowest BCUT2D eigenvalue weighted by atomic mass is 10.1. The van der Waals surface area contributed by atoms with Crippen LogP contribution in [-0.4, -0.2) is 44.5 Å². The van der Waals surface area contributed by atoms with Gasteiger partial charge in [0.15, 0.2) is 9.84 Å². The van der Waals surface area contributed by atoms with Crippen LogP contribution in [0.5, 0.6) is 0 Å². The van der Waals surface area contributed by atoms with Crippen molar-refractivity contribution in [1.82, 2.24) is 10.6 Å². The molecule has 0 radical (unpaired) electrons. The number of nitrogens with one attached hydrogen (secondary N) is 2. The molecule has 2 unspecified atom stereocenters. The Labute approximate surface area is 114 Å². The highest BCUT2D eigenvalue weighted by Gasteiger charge is 2.26. The van der Waals surface area contributed by atoms with E-state index in [4.69, 9.17) is 0 Å². The Kier molecular flexibility index (Phi) is 5.88. The lowest BCUT2D eigenvalue weighted by molar-refractivity contribution is -0.122. The average Bonchev–Trinajstić information content (AvgIpc) is 2.68. The molecule has 0 aromatic carbocycles. The first kappa shape index (κ1) is 15.7. The topological polar surface area (TPSA) is 75.3 Å². The molecule has 2 fully saturated rings. The first-order chi connectivity index (χ1) is 8.05. The third kappa shape index (κ3) is 4.74. The summed E-state index contributed by atoms with van der Waals surface area (Å²) in [6, 6.07) is 0.0952. The molecule has 0 aromatic rings. The van der Waals surface area contributed by atoms with Crippen LogP contribution in [0.15, 0.2) is 0 Å². The Morgan fingerprint density at radius 1 is 1.28 bits per heavy atom. The molecule has 0 saturated carbocycles. The molecular weight excluding hydrogens is 276 g/mol. The quantitative estimate of drug-likeness (QED) is 0.782. The molecule has 0 spiro atoms. The van der Waals surface area contributed by atoms with Gasteiger partial charge in [0, 0.05) is 18.5 Å². The Balaban J connectivity index is 0.00000162. The van der Waals surface area contributed by atoms with Crippen molar-refractivity contribution >= 4 is 28.2 Å². The Morgan fingerprint density at radius 2 is 2.06 bits per heavy atom. The van der Waals surface area contributed by atoms with Crippen LogP contribution in [-0.2, 0) is 14.6 Å². The van der Waals surface area contributed by atoms with Crippen LogP contribution in [0.3, 0.4) is 0 Å². The summed E-state index contributed by atoms with van der Waals surface area (Å²) in [5.41, 5.74) is 0. The number of amides is 1. The van der Waals surface area contributed by atoms with Crippen LogP contribution in [0.2, 0.25) is 0 Å². The largest absolute Gasteiger partial charge is 0.352 e. The fourth-order valence-corrected chi connectivity index (χ4v) is 4.21. The van der Waals surface area contributed by atoms with Crippen molar-refractivity contribution in [2.75, 3.05) is 18.1 Å². The van der Waals surface area contributed by atoms with Gasteiger partial charge in [-0.05, 0) is 32.2 Å². The normalized spacial score (nSPS) is 30.4. The van der Waals surface area contributed by atoms with Gasteiger partial charge < -0.3 is 10.6 Å². The Bertz CT molecular complexity index is 380. The molecule has 2 N–H and O–H groups in total. The van der Waals surface area contributed by atoms with Gasteiger partial charge in [-0.15, -0.1) is 12.4 Å². The summed E-state index contributed by atoms with van der Waals surface area (Å²) in [5.74, 6) is 0.354. The minimum Gasteiger partial charge on any atom is -0.352 e. The summed E-state index contributed by atoms with van der Waals surface area (Å²) < 4.78 is 22.8. The van der Waals surface area contributed by atoms with Crippen LogP contribution < -0.4 is 10.6 Å². The van der Waals surface area contributed by atoms with Gasteiger partial charge in [-0.25, -0.2) is 8.42 Å². The highest BCUT2D eigenvalue weighted by atomic mass is 35.5. The van der Waals surface area contributed by atoms with E-state index in [0.717, 1.165) is 25.8 Å². The minimum atomic E-state index is -2.94. The van der Waals surface area contributed by atoms with Gasteiger partial charge in [-0.2, -0.15) is 0 Å². The zero-order chi connectivity index (χ0) is 12.3. The van der Waals surface area contributed by atoms with Gasteiger partial charge in [0.05, 0.1) is 11.5 Å². The van der Waals surface area contributed by atoms with Crippen LogP contribution >= 0.6 is 12.4 Å². The fraction of sp³-hybridized carbons (Fsp3) is 0.909. The molecule has 0 aromatic heterocycles. The summed E-state index contributed by atoms with van der Waals surface area (Å²) in [6.07, 6.45) is 4.07. The fourth-order valence-electron chi connectivity index (χ4n) is 2.58. The van der Waals surface area contributed by atoms with E-state index in [-0.39, 0.29) is 41.9 Å². The summed E-state index contributed by atoms with van der Waals surface area (Å²) >= 11 is 0. The van der Waals surface area contributed by atoms with Crippen molar-refractivity contribution in [2.24, 2.45) is 0 Å². The van der Waals surface area contributed by atoms with Gasteiger partial charge >= 0.3 is 0 Å². The number of hydrogen-bond acceptors (Lipinski definition) is 4. The number of hydrogen-bond donors (Lipinski definition) is 2. The van der Waals surface area contributed by atoms with Gasteiger partial charge in [0.25, 0.3) is 0 Å². The molecule has 0 bridgehead atoms. The van der Waals surface area contributed by atoms with Crippen LogP contribution in [0, 0.1) is 0 Å². The first-order valence-electron chi connectivity index (χ1n) is 6.28. The van der Waals surface area contributed by atoms with Gasteiger partial charge in [-0.3, -0.25) is 4.79 Å². The average molecular weight is 297 g/mol. The van der Waals surface area contributed by atoms with Crippen molar-refractivity contribution in [2.45, 2.75) is 44.2 Å². The standard InChI is InChI=1S/C11H20N2O3S.ClH/c14-11(7-9-3-1-5-12-9)13-10-4-2-6-17(15,16)8-10;/h9-10,12H,1-8H2,(H,13,14);1H. The lowest BCUT2D eigenvalue weighted by Crippen LogP contribution is -2.44. The van der Waals surface area contributed by atoms with E-state index in [9.17, 15) is 13.2 Å². The van der Waals surface area contributed by atoms with E-state index in [0.29, 0.717) is 12.8 Å². The van der Waals surface area contributed by atoms with Gasteiger partial charge in [0.2, 0.25) is 5.91 Å². The molecule has 2 rings (SSSR count). The maximum atomic E-state index is 11.7. The highest BCUT2D eigenvalue weighted by molar-refractivity contribution is 7.91. The summed E-state index contributed by atoms with van der Waals surface area (Å²) in [7, 11) is -2.94. The number of carbonyl (C=O) groups excluding carboxylic acids is 1. The van der Waals surface area contributed by atoms with Crippen molar-refractivity contribution in [1.29, 1.82) is 0 Å². The van der Waals surface area contributed by atoms with E-state index in [1.807, 2.05) is 0 Å². The van der Waals surface area contributed by atoms with Gasteiger partial charge in [0.1, 0.15) is 0 Å². The second-order valence-electron chi connectivity index (χ2n) is 5.02. The Morgan fingerprint density at radius 3 is 2.67 bits per heavy atom. The van der Waals surface area contributed by atoms with E-state index in [1.165, 1.54) is 0 Å². The second-order valence-corrected chi connectivity index (χ2v) is 7.25. The molecule has 0 aliphatic carbocycles. The maximum Gasteiger partial charge on any atom is 0.221 e. The smallest absolute Gasteiger partial charge is 0.221 e. The van der Waals surface area contributed by atoms with E-state index < -0.39 is 9.84 Å². The molecular formula is C11H21ClN2O3S. The van der Waals surface area contributed by atoms with Crippen molar-refractivity contribution in [3.05, 3.63) is 0 Å². The van der Waals surface area contributed by atoms with E-state index in [1.54, 1.807) is 0 Å². The van der Waals surface area contributed by atoms with Crippen LogP contribution in [0.1, 0.15) is 32.1 Å². The predicted octanol–water partition coefficient (Wildman–Crippen LogP) is 0.244. The first-order valence-corrected chi connectivity index (χ1v) is 8.10. The van der Waals surface area contributed by atoms with Crippen molar-refractivity contribution in [3.8, 4) is 0 Å². The molecule has 18 heavy (non-hydrogen) atoms. The molecule has 106 valence electrons. The van der Waals surface area contributed by atoms with E-state index >= 15 is 0 Å². The zero-order valence-corrected chi connectivity index (χ0v) is 12.0. The van der Waals surface area contributed by atoms with Crippen molar-refractivity contribution in [3.63, 3.8) is 0 Å². The molecule has 7 heteroatoms. The second kappa shape index (κ2) is 6.73. The summed E-state index contributed by atoms with van der Waals surface area (Å²) in [5, 5.41) is 6.11. The monoisotopic (exact) mass is 296 g/mol. The maximum absolute atomic E-state index is 11.7. The number of sulfone groups is 1. The van der Waals surface area contributed by atoms with Crippen LogP contribution in [0.4, 0.5) is 0 Å². The SMILES string of the molecule is Cl.O=C(CC1CCCN1)NC1CCCS(=O)(=O)C1. The van der Waals surface area contributed by atoms with E-state index in [2.05, 4.69) is 10.6 Å². The number of carbonyl (C=O) groups is 1. The third-order valence-corrected chi connectivity index (χ3v) is 5.24. The van der Waals surface area contributed by atoms with Crippen molar-refractivity contribution < 1.29 is 13.2 Å². The highest BCUT2D eigenvalue weighted by Crippen LogP contribution is 2.13. The summed E-state index contributed by atoms with van der Waals surface area (Å²) in [6.45, 7) is 0.982. The third-order valence-electron chi connectivity index (χ3n) is 3.42. The molecule has 2 aliphatic heterocycles. The van der Waals surface area contributed by atoms with Gasteiger partial charge in [-0.1, -0.05) is 0 Å². The molecule has 2 aliphatic rings. The Hall–Kier alpha value is -0.330. The number of rotatable bonds is 3. The predicted molar refractivity (Wildman–Crippen MR) is 72.7 cm³/mol. The summed E-state index contributed by atoms with van der Waals surface area (Å²) in [4.78, 5) is 11.7. The molecule has 2 atom stereocenters. The minimum absolute atomic E-state index is 0. The zero-order valence-electron chi connectivity index (χ0n) is 10.4. The molecule has 1 amide bonds. The lowest BCUT2D eigenvalue weighted by Gasteiger charge is -2.23. The molecule has 5 nitrogen and oxygen atoms in total. The number of halogens is 1. The van der Waals surface area contributed by atoms with Crippen LogP contribution in [0.25, 0.3) is 0 Å².